The molecular formula is H9CaGaSeSr. The first-order valence-corrected chi connectivity index (χ1v) is 0. The molecule has 0 saturated carbocycles. The van der Waals surface area contributed by atoms with E-state index in [1.807, 2.05) is 0 Å². The molecule has 0 amide bonds. The number of hydrogen-bond acceptors (Lipinski definition) is 0. The summed E-state index contributed by atoms with van der Waals surface area (Å²) in [7, 11) is 0. The second kappa shape index (κ2) is 15.8. The van der Waals surface area contributed by atoms with Crippen molar-refractivity contribution in [1.29, 1.82) is 0 Å². The first kappa shape index (κ1) is 24.7. The zero-order valence-electron chi connectivity index (χ0n) is 5.91. The second-order valence-corrected chi connectivity index (χ2v) is 0. The van der Waals surface area contributed by atoms with Crippen LogP contribution in [0.4, 0.5) is 0 Å². The van der Waals surface area contributed by atoms with Crippen LogP contribution in [-0.4, -0.2) is 120 Å². The monoisotopic (exact) mass is 286 g/mol. The molecule has 0 bridgehead atoms. The van der Waals surface area contributed by atoms with Gasteiger partial charge >= 0.3 is 120 Å². The standard InChI is InChI=1S/Ca.Ga.H2Se.Sr.7H/h;;1H2;;;;;;;;/q+2;;;+2;;;;4*-1. The van der Waals surface area contributed by atoms with Gasteiger partial charge < -0.3 is 5.71 Å². The Hall–Kier alpha value is 3.90. The van der Waals surface area contributed by atoms with Crippen molar-refractivity contribution in [3.63, 3.8) is 0 Å². The molecule has 0 fully saturated rings. The van der Waals surface area contributed by atoms with Crippen LogP contribution in [0, 0.1) is 0 Å². The van der Waals surface area contributed by atoms with Gasteiger partial charge in [0.25, 0.3) is 0 Å². The van der Waals surface area contributed by atoms with Crippen LogP contribution < -0.4 is 0 Å². The summed E-state index contributed by atoms with van der Waals surface area (Å²) in [6.07, 6.45) is 0. The van der Waals surface area contributed by atoms with Crippen molar-refractivity contribution in [3.8, 4) is 0 Å². The van der Waals surface area contributed by atoms with E-state index in [0.29, 0.717) is 0 Å². The third-order valence-corrected chi connectivity index (χ3v) is 0. The van der Waals surface area contributed by atoms with Crippen LogP contribution in [0.3, 0.4) is 0 Å². The molecule has 0 radical (unpaired) electrons. The maximum atomic E-state index is 0. The maximum absolute atomic E-state index is 0. The molecule has 0 spiro atoms. The largest absolute Gasteiger partial charge is 2.00 e. The Morgan fingerprint density at radius 1 is 1.25 bits per heavy atom. The predicted molar refractivity (Wildman–Crippen MR) is 34.4 cm³/mol. The van der Waals surface area contributed by atoms with E-state index in [9.17, 15) is 0 Å². The first-order valence-electron chi connectivity index (χ1n) is 0. The van der Waals surface area contributed by atoms with Gasteiger partial charge in [0.05, 0.1) is 0 Å². The van der Waals surface area contributed by atoms with E-state index < -0.39 is 0 Å². The van der Waals surface area contributed by atoms with Crippen LogP contribution in [0.1, 0.15) is 5.71 Å². The fourth-order valence-corrected chi connectivity index (χ4v) is 0. The van der Waals surface area contributed by atoms with E-state index in [1.54, 1.807) is 0 Å². The average Bonchev–Trinajstić information content (AvgIpc) is 0. The molecule has 0 aliphatic rings. The van der Waals surface area contributed by atoms with Crippen LogP contribution in [0.2, 0.25) is 0 Å². The quantitative estimate of drug-likeness (QED) is 0.435. The van der Waals surface area contributed by atoms with Crippen molar-refractivity contribution >= 4 is 120 Å². The van der Waals surface area contributed by atoms with Gasteiger partial charge in [-0.3, -0.25) is 0 Å². The van der Waals surface area contributed by atoms with Crippen LogP contribution >= 0.6 is 0 Å². The first-order chi connectivity index (χ1) is 0. The molecule has 0 unspecified atom stereocenters. The van der Waals surface area contributed by atoms with Crippen molar-refractivity contribution in [1.82, 2.24) is 0 Å². The average molecular weight is 285 g/mol. The summed E-state index contributed by atoms with van der Waals surface area (Å²) in [4.78, 5) is 0. The molecule has 0 aliphatic heterocycles. The van der Waals surface area contributed by atoms with E-state index in [2.05, 4.69) is 0 Å². The van der Waals surface area contributed by atoms with Crippen LogP contribution in [0.15, 0.2) is 0 Å². The maximum Gasteiger partial charge on any atom is 2.00 e. The van der Waals surface area contributed by atoms with Crippen LogP contribution in [0.5, 0.6) is 0 Å². The van der Waals surface area contributed by atoms with Gasteiger partial charge in [-0.25, -0.2) is 0 Å². The minimum absolute atomic E-state index is 0. The van der Waals surface area contributed by atoms with Crippen molar-refractivity contribution in [2.75, 3.05) is 0 Å². The number of hydrogen-bond donors (Lipinski definition) is 0. The summed E-state index contributed by atoms with van der Waals surface area (Å²) in [6.45, 7) is 0. The predicted octanol–water partition coefficient (Wildman–Crippen LogP) is -2.41. The molecule has 4 heteroatoms. The molecular weight excluding hydrogens is 276 g/mol. The Kier molecular flexibility index (Phi) is 97.7. The molecule has 22 valence electrons. The molecule has 0 heterocycles. The van der Waals surface area contributed by atoms with Crippen LogP contribution in [0.25, 0.3) is 0 Å². The van der Waals surface area contributed by atoms with Gasteiger partial charge in [0.1, 0.15) is 0 Å². The third kappa shape index (κ3) is 9.31. The molecule has 0 saturated heterocycles. The summed E-state index contributed by atoms with van der Waals surface area (Å²) in [5.74, 6) is 0. The summed E-state index contributed by atoms with van der Waals surface area (Å²) >= 11 is 0. The third-order valence-electron chi connectivity index (χ3n) is 0. The zero-order chi connectivity index (χ0) is 0. The Balaban J connectivity index is 0. The summed E-state index contributed by atoms with van der Waals surface area (Å²) < 4.78 is 0. The SMILES string of the molecule is [Ca+2].[GaH3].[H-].[H-].[H-].[H-].[SeH2].[Sr+2]. The summed E-state index contributed by atoms with van der Waals surface area (Å²) in [6, 6.07) is 0. The normalized spacial score (nSPS) is 0. The zero-order valence-corrected chi connectivity index (χ0v) is 9.70. The molecule has 0 N–H and O–H groups in total. The van der Waals surface area contributed by atoms with Gasteiger partial charge in [0.15, 0.2) is 0 Å². The van der Waals surface area contributed by atoms with Gasteiger partial charge in [-0.05, 0) is 0 Å². The molecule has 0 aromatic heterocycles. The van der Waals surface area contributed by atoms with Crippen molar-refractivity contribution in [2.45, 2.75) is 0 Å². The van der Waals surface area contributed by atoms with Gasteiger partial charge in [-0.1, -0.05) is 0 Å². The van der Waals surface area contributed by atoms with Gasteiger partial charge in [0.2, 0.25) is 0 Å². The van der Waals surface area contributed by atoms with Gasteiger partial charge in [-0.2, -0.15) is 0 Å². The minimum Gasteiger partial charge on any atom is 2.00 e. The smallest absolute Gasteiger partial charge is 2.00 e. The van der Waals surface area contributed by atoms with E-state index in [0.717, 1.165) is 0 Å². The number of rotatable bonds is 0. The molecule has 0 nitrogen and oxygen atoms in total. The molecule has 0 aromatic carbocycles. The fourth-order valence-electron chi connectivity index (χ4n) is 0. The molecule has 0 aliphatic carbocycles. The van der Waals surface area contributed by atoms with Crippen molar-refractivity contribution < 1.29 is 5.71 Å². The Labute approximate surface area is 123 Å². The second-order valence-electron chi connectivity index (χ2n) is 0. The Morgan fingerprint density at radius 3 is 1.25 bits per heavy atom. The van der Waals surface area contributed by atoms with E-state index in [-0.39, 0.29) is 126 Å². The molecule has 4 heavy (non-hydrogen) atoms. The van der Waals surface area contributed by atoms with Crippen molar-refractivity contribution in [2.24, 2.45) is 0 Å². The van der Waals surface area contributed by atoms with Gasteiger partial charge in [0, 0.05) is 0 Å². The van der Waals surface area contributed by atoms with Gasteiger partial charge in [-0.15, -0.1) is 0 Å². The molecule has 0 atom stereocenters. The van der Waals surface area contributed by atoms with E-state index >= 15 is 0 Å². The minimum atomic E-state index is 0. The Morgan fingerprint density at radius 2 is 1.25 bits per heavy atom. The Bertz CT molecular complexity index is 16.0. The van der Waals surface area contributed by atoms with Crippen molar-refractivity contribution in [3.05, 3.63) is 0 Å². The molecule has 0 aromatic rings. The summed E-state index contributed by atoms with van der Waals surface area (Å²) in [5, 5.41) is 0. The van der Waals surface area contributed by atoms with E-state index in [4.69, 9.17) is 0 Å². The van der Waals surface area contributed by atoms with Crippen LogP contribution in [-0.2, 0) is 0 Å². The fraction of sp³-hybridized carbons (Fsp3) is 0. The topological polar surface area (TPSA) is 0 Å². The molecule has 0 rings (SSSR count). The van der Waals surface area contributed by atoms with E-state index in [1.165, 1.54) is 0 Å². The summed E-state index contributed by atoms with van der Waals surface area (Å²) in [5.41, 5.74) is 0.